The molecule has 0 aliphatic heterocycles. The number of benzene rings is 1. The SMILES string of the molecule is N#Cc1cccc(C(=O)NCC2CCCC2)c1. The average Bonchev–Trinajstić information content (AvgIpc) is 2.89. The van der Waals surface area contributed by atoms with Crippen LogP contribution in [0.3, 0.4) is 0 Å². The highest BCUT2D eigenvalue weighted by molar-refractivity contribution is 5.94. The Hall–Kier alpha value is -1.82. The zero-order valence-electron chi connectivity index (χ0n) is 9.78. The summed E-state index contributed by atoms with van der Waals surface area (Å²) in [6.07, 6.45) is 5.01. The number of hydrogen-bond donors (Lipinski definition) is 1. The molecule has 1 aromatic carbocycles. The van der Waals surface area contributed by atoms with Crippen LogP contribution < -0.4 is 5.32 Å². The van der Waals surface area contributed by atoms with Crippen molar-refractivity contribution in [3.8, 4) is 6.07 Å². The van der Waals surface area contributed by atoms with Crippen molar-refractivity contribution < 1.29 is 4.79 Å². The van der Waals surface area contributed by atoms with Crippen LogP contribution in [0.2, 0.25) is 0 Å². The van der Waals surface area contributed by atoms with E-state index in [4.69, 9.17) is 5.26 Å². The van der Waals surface area contributed by atoms with Crippen molar-refractivity contribution >= 4 is 5.91 Å². The first-order chi connectivity index (χ1) is 8.29. The van der Waals surface area contributed by atoms with Gasteiger partial charge in [-0.25, -0.2) is 0 Å². The molecular weight excluding hydrogens is 212 g/mol. The van der Waals surface area contributed by atoms with Crippen LogP contribution in [0.4, 0.5) is 0 Å². The third-order valence-corrected chi connectivity index (χ3v) is 3.28. The van der Waals surface area contributed by atoms with Gasteiger partial charge in [0.2, 0.25) is 0 Å². The van der Waals surface area contributed by atoms with Crippen molar-refractivity contribution in [3.05, 3.63) is 35.4 Å². The Morgan fingerprint density at radius 1 is 1.41 bits per heavy atom. The number of amides is 1. The monoisotopic (exact) mass is 228 g/mol. The summed E-state index contributed by atoms with van der Waals surface area (Å²) in [6, 6.07) is 8.85. The van der Waals surface area contributed by atoms with Gasteiger partial charge in [0.25, 0.3) is 5.91 Å². The summed E-state index contributed by atoms with van der Waals surface area (Å²) in [5, 5.41) is 11.7. The highest BCUT2D eigenvalue weighted by Gasteiger charge is 2.16. The third kappa shape index (κ3) is 3.07. The van der Waals surface area contributed by atoms with Crippen LogP contribution in [0.5, 0.6) is 0 Å². The minimum atomic E-state index is -0.0750. The van der Waals surface area contributed by atoms with Gasteiger partial charge < -0.3 is 5.32 Å². The first kappa shape index (κ1) is 11.7. The zero-order valence-corrected chi connectivity index (χ0v) is 9.78. The van der Waals surface area contributed by atoms with Gasteiger partial charge in [-0.3, -0.25) is 4.79 Å². The van der Waals surface area contributed by atoms with Crippen LogP contribution in [-0.2, 0) is 0 Å². The van der Waals surface area contributed by atoms with Crippen LogP contribution in [0.15, 0.2) is 24.3 Å². The zero-order chi connectivity index (χ0) is 12.1. The van der Waals surface area contributed by atoms with E-state index in [-0.39, 0.29) is 5.91 Å². The van der Waals surface area contributed by atoms with Gasteiger partial charge in [-0.15, -0.1) is 0 Å². The normalized spacial score (nSPS) is 15.5. The summed E-state index contributed by atoms with van der Waals surface area (Å²) in [5.41, 5.74) is 1.10. The molecule has 1 amide bonds. The maximum Gasteiger partial charge on any atom is 0.251 e. The summed E-state index contributed by atoms with van der Waals surface area (Å²) in [4.78, 5) is 11.8. The molecule has 1 aliphatic carbocycles. The van der Waals surface area contributed by atoms with E-state index in [1.807, 2.05) is 6.07 Å². The van der Waals surface area contributed by atoms with Gasteiger partial charge in [-0.05, 0) is 37.0 Å². The molecule has 0 saturated heterocycles. The minimum Gasteiger partial charge on any atom is -0.352 e. The first-order valence-corrected chi connectivity index (χ1v) is 6.08. The predicted octanol–water partition coefficient (Wildman–Crippen LogP) is 2.48. The van der Waals surface area contributed by atoms with E-state index in [1.165, 1.54) is 25.7 Å². The maximum atomic E-state index is 11.8. The predicted molar refractivity (Wildman–Crippen MR) is 65.4 cm³/mol. The lowest BCUT2D eigenvalue weighted by molar-refractivity contribution is 0.0947. The molecule has 0 bridgehead atoms. The Balaban J connectivity index is 1.92. The molecule has 0 unspecified atom stereocenters. The van der Waals surface area contributed by atoms with Gasteiger partial charge >= 0.3 is 0 Å². The smallest absolute Gasteiger partial charge is 0.251 e. The molecule has 1 saturated carbocycles. The van der Waals surface area contributed by atoms with Gasteiger partial charge in [0.05, 0.1) is 11.6 Å². The number of nitrogens with one attached hydrogen (secondary N) is 1. The Kier molecular flexibility index (Phi) is 3.77. The van der Waals surface area contributed by atoms with Crippen molar-refractivity contribution in [1.29, 1.82) is 5.26 Å². The van der Waals surface area contributed by atoms with Crippen LogP contribution in [0.1, 0.15) is 41.6 Å². The van der Waals surface area contributed by atoms with E-state index in [9.17, 15) is 4.79 Å². The number of carbonyl (C=O) groups is 1. The van der Waals surface area contributed by atoms with Gasteiger partial charge in [0, 0.05) is 12.1 Å². The molecule has 17 heavy (non-hydrogen) atoms. The largest absolute Gasteiger partial charge is 0.352 e. The molecule has 1 aliphatic rings. The molecular formula is C14H16N2O. The van der Waals surface area contributed by atoms with Crippen LogP contribution in [0.25, 0.3) is 0 Å². The second-order valence-electron chi connectivity index (χ2n) is 4.55. The molecule has 0 heterocycles. The van der Waals surface area contributed by atoms with E-state index < -0.39 is 0 Å². The van der Waals surface area contributed by atoms with Crippen LogP contribution >= 0.6 is 0 Å². The molecule has 3 nitrogen and oxygen atoms in total. The Bertz CT molecular complexity index is 442. The van der Waals surface area contributed by atoms with Gasteiger partial charge in [0.1, 0.15) is 0 Å². The van der Waals surface area contributed by atoms with E-state index >= 15 is 0 Å². The van der Waals surface area contributed by atoms with E-state index in [0.29, 0.717) is 17.0 Å². The Morgan fingerprint density at radius 3 is 2.88 bits per heavy atom. The molecule has 2 rings (SSSR count). The number of carbonyl (C=O) groups excluding carboxylic acids is 1. The summed E-state index contributed by atoms with van der Waals surface area (Å²) in [6.45, 7) is 0.760. The van der Waals surface area contributed by atoms with Gasteiger partial charge in [-0.1, -0.05) is 18.9 Å². The second kappa shape index (κ2) is 5.49. The topological polar surface area (TPSA) is 52.9 Å². The lowest BCUT2D eigenvalue weighted by Crippen LogP contribution is -2.28. The van der Waals surface area contributed by atoms with Crippen molar-refractivity contribution in [2.75, 3.05) is 6.54 Å². The van der Waals surface area contributed by atoms with Crippen LogP contribution in [-0.4, -0.2) is 12.5 Å². The van der Waals surface area contributed by atoms with Gasteiger partial charge in [-0.2, -0.15) is 5.26 Å². The molecule has 1 aromatic rings. The summed E-state index contributed by atoms with van der Waals surface area (Å²) < 4.78 is 0. The number of nitrogens with zero attached hydrogens (tertiary/aromatic N) is 1. The molecule has 0 aromatic heterocycles. The molecule has 88 valence electrons. The third-order valence-electron chi connectivity index (χ3n) is 3.28. The first-order valence-electron chi connectivity index (χ1n) is 6.08. The number of rotatable bonds is 3. The van der Waals surface area contributed by atoms with Crippen molar-refractivity contribution in [3.63, 3.8) is 0 Å². The standard InChI is InChI=1S/C14H16N2O/c15-9-12-6-3-7-13(8-12)14(17)16-10-11-4-1-2-5-11/h3,6-8,11H,1-2,4-5,10H2,(H,16,17). The fourth-order valence-electron chi connectivity index (χ4n) is 2.28. The van der Waals surface area contributed by atoms with Crippen molar-refractivity contribution in [2.45, 2.75) is 25.7 Å². The minimum absolute atomic E-state index is 0.0750. The molecule has 0 atom stereocenters. The average molecular weight is 228 g/mol. The fraction of sp³-hybridized carbons (Fsp3) is 0.429. The quantitative estimate of drug-likeness (QED) is 0.864. The van der Waals surface area contributed by atoms with E-state index in [0.717, 1.165) is 6.54 Å². The summed E-state index contributed by atoms with van der Waals surface area (Å²) >= 11 is 0. The highest BCUT2D eigenvalue weighted by atomic mass is 16.1. The molecule has 1 fully saturated rings. The second-order valence-corrected chi connectivity index (χ2v) is 4.55. The fourth-order valence-corrected chi connectivity index (χ4v) is 2.28. The number of nitriles is 1. The van der Waals surface area contributed by atoms with Crippen molar-refractivity contribution in [2.24, 2.45) is 5.92 Å². The summed E-state index contributed by atoms with van der Waals surface area (Å²) in [7, 11) is 0. The Morgan fingerprint density at radius 2 is 2.18 bits per heavy atom. The lowest BCUT2D eigenvalue weighted by atomic mass is 10.1. The van der Waals surface area contributed by atoms with E-state index in [2.05, 4.69) is 5.32 Å². The highest BCUT2D eigenvalue weighted by Crippen LogP contribution is 2.23. The van der Waals surface area contributed by atoms with Gasteiger partial charge in [0.15, 0.2) is 0 Å². The molecule has 1 N–H and O–H groups in total. The maximum absolute atomic E-state index is 11.8. The summed E-state index contributed by atoms with van der Waals surface area (Å²) in [5.74, 6) is 0.562. The number of hydrogen-bond acceptors (Lipinski definition) is 2. The van der Waals surface area contributed by atoms with Crippen molar-refractivity contribution in [1.82, 2.24) is 5.32 Å². The molecule has 3 heteroatoms. The Labute approximate surface area is 101 Å². The van der Waals surface area contributed by atoms with Crippen LogP contribution in [0, 0.1) is 17.2 Å². The lowest BCUT2D eigenvalue weighted by Gasteiger charge is -2.10. The molecule has 0 radical (unpaired) electrons. The molecule has 0 spiro atoms. The van der Waals surface area contributed by atoms with E-state index in [1.54, 1.807) is 24.3 Å².